The fourth-order valence-electron chi connectivity index (χ4n) is 5.55. The van der Waals surface area contributed by atoms with Gasteiger partial charge in [-0.2, -0.15) is 0 Å². The van der Waals surface area contributed by atoms with Crippen LogP contribution in [0.5, 0.6) is 0 Å². The average Bonchev–Trinajstić information content (AvgIpc) is 3.23. The molecule has 0 radical (unpaired) electrons. The lowest BCUT2D eigenvalue weighted by atomic mass is 9.84. The molecule has 2 saturated carbocycles. The molecular formula is C21H35N3O3. The number of rotatable bonds is 4. The highest BCUT2D eigenvalue weighted by molar-refractivity contribution is 5.80. The van der Waals surface area contributed by atoms with Crippen LogP contribution in [0.25, 0.3) is 0 Å². The maximum atomic E-state index is 13.1. The van der Waals surface area contributed by atoms with E-state index in [-0.39, 0.29) is 41.8 Å². The minimum atomic E-state index is 0.108. The summed E-state index contributed by atoms with van der Waals surface area (Å²) in [6.45, 7) is 3.84. The first-order chi connectivity index (χ1) is 13.1. The Balaban J connectivity index is 1.25. The van der Waals surface area contributed by atoms with E-state index >= 15 is 0 Å². The smallest absolute Gasteiger partial charge is 0.225 e. The maximum Gasteiger partial charge on any atom is 0.225 e. The molecule has 27 heavy (non-hydrogen) atoms. The molecule has 2 aliphatic heterocycles. The zero-order valence-corrected chi connectivity index (χ0v) is 16.7. The van der Waals surface area contributed by atoms with E-state index in [1.165, 1.54) is 12.8 Å². The summed E-state index contributed by atoms with van der Waals surface area (Å²) in [6.07, 6.45) is 9.31. The number of hydrogen-bond donors (Lipinski definition) is 1. The predicted octanol–water partition coefficient (Wildman–Crippen LogP) is 1.78. The molecule has 6 heteroatoms. The molecule has 1 N–H and O–H groups in total. The van der Waals surface area contributed by atoms with Crippen molar-refractivity contribution in [3.63, 3.8) is 0 Å². The Morgan fingerprint density at radius 3 is 2.44 bits per heavy atom. The molecule has 2 amide bonds. The van der Waals surface area contributed by atoms with Gasteiger partial charge in [0.15, 0.2) is 0 Å². The quantitative estimate of drug-likeness (QED) is 0.811. The van der Waals surface area contributed by atoms with Crippen molar-refractivity contribution in [1.82, 2.24) is 15.1 Å². The number of ether oxygens (including phenoxy) is 1. The topological polar surface area (TPSA) is 61.9 Å². The van der Waals surface area contributed by atoms with Gasteiger partial charge in [0.1, 0.15) is 0 Å². The number of likely N-dealkylation sites (N-methyl/N-ethyl adjacent to an activating group) is 1. The standard InChI is InChI=1S/C21H35N3O3/c1-23(18-10-11-24-12-13-27-19(18)14-24)21(26)16-6-8-17(9-7-16)22-20(25)15-4-2-3-5-15/h15-19H,2-14H2,1H3,(H,22,25). The molecule has 3 unspecified atom stereocenters. The Morgan fingerprint density at radius 1 is 0.963 bits per heavy atom. The normalized spacial score (nSPS) is 37.0. The summed E-state index contributed by atoms with van der Waals surface area (Å²) in [5.41, 5.74) is 0. The molecule has 2 heterocycles. The van der Waals surface area contributed by atoms with Crippen LogP contribution in [0.4, 0.5) is 0 Å². The van der Waals surface area contributed by atoms with Crippen molar-refractivity contribution in [2.75, 3.05) is 33.3 Å². The molecule has 4 aliphatic rings. The number of hydrogen-bond acceptors (Lipinski definition) is 4. The van der Waals surface area contributed by atoms with Crippen molar-refractivity contribution in [2.45, 2.75) is 76.0 Å². The largest absolute Gasteiger partial charge is 0.373 e. The van der Waals surface area contributed by atoms with Crippen LogP contribution >= 0.6 is 0 Å². The lowest BCUT2D eigenvalue weighted by Crippen LogP contribution is -2.59. The van der Waals surface area contributed by atoms with Gasteiger partial charge in [0.2, 0.25) is 11.8 Å². The lowest BCUT2D eigenvalue weighted by Gasteiger charge is -2.46. The van der Waals surface area contributed by atoms with Crippen LogP contribution in [0, 0.1) is 11.8 Å². The Bertz CT molecular complexity index is 541. The third-order valence-corrected chi connectivity index (χ3v) is 7.34. The van der Waals surface area contributed by atoms with Crippen LogP contribution in [0.3, 0.4) is 0 Å². The first-order valence-corrected chi connectivity index (χ1v) is 11.0. The highest BCUT2D eigenvalue weighted by Gasteiger charge is 2.39. The van der Waals surface area contributed by atoms with E-state index in [4.69, 9.17) is 4.74 Å². The number of piperidine rings is 1. The van der Waals surface area contributed by atoms with Crippen LogP contribution in [0.1, 0.15) is 57.8 Å². The van der Waals surface area contributed by atoms with E-state index in [1.54, 1.807) is 0 Å². The van der Waals surface area contributed by atoms with Gasteiger partial charge in [-0.15, -0.1) is 0 Å². The number of carbonyl (C=O) groups is 2. The Hall–Kier alpha value is -1.14. The van der Waals surface area contributed by atoms with E-state index in [2.05, 4.69) is 10.2 Å². The Morgan fingerprint density at radius 2 is 1.70 bits per heavy atom. The van der Waals surface area contributed by atoms with Gasteiger partial charge >= 0.3 is 0 Å². The SMILES string of the molecule is CN(C(=O)C1CCC(NC(=O)C2CCCC2)CC1)C1CCN2CCOC1C2. The van der Waals surface area contributed by atoms with Crippen LogP contribution in [0.15, 0.2) is 0 Å². The molecule has 2 bridgehead atoms. The summed E-state index contributed by atoms with van der Waals surface area (Å²) in [5.74, 6) is 0.872. The molecule has 4 rings (SSSR count). The van der Waals surface area contributed by atoms with E-state index in [0.717, 1.165) is 71.2 Å². The van der Waals surface area contributed by atoms with E-state index < -0.39 is 0 Å². The highest BCUT2D eigenvalue weighted by atomic mass is 16.5. The first kappa shape index (κ1) is 19.2. The number of nitrogens with one attached hydrogen (secondary N) is 1. The van der Waals surface area contributed by atoms with E-state index in [1.807, 2.05) is 11.9 Å². The van der Waals surface area contributed by atoms with Crippen molar-refractivity contribution < 1.29 is 14.3 Å². The molecule has 0 aromatic heterocycles. The summed E-state index contributed by atoms with van der Waals surface area (Å²) < 4.78 is 5.95. The number of morpholine rings is 1. The zero-order valence-electron chi connectivity index (χ0n) is 16.7. The van der Waals surface area contributed by atoms with Gasteiger partial charge in [-0.1, -0.05) is 12.8 Å². The molecule has 0 aromatic rings. The van der Waals surface area contributed by atoms with Gasteiger partial charge in [-0.05, 0) is 44.9 Å². The molecular weight excluding hydrogens is 342 g/mol. The zero-order chi connectivity index (χ0) is 18.8. The first-order valence-electron chi connectivity index (χ1n) is 11.0. The maximum absolute atomic E-state index is 13.1. The van der Waals surface area contributed by atoms with Gasteiger partial charge in [0.25, 0.3) is 0 Å². The summed E-state index contributed by atoms with van der Waals surface area (Å²) in [6, 6.07) is 0.478. The summed E-state index contributed by atoms with van der Waals surface area (Å²) in [7, 11) is 1.97. The molecule has 4 fully saturated rings. The van der Waals surface area contributed by atoms with Crippen LogP contribution in [0.2, 0.25) is 0 Å². The van der Waals surface area contributed by atoms with Crippen molar-refractivity contribution in [1.29, 1.82) is 0 Å². The molecule has 0 spiro atoms. The van der Waals surface area contributed by atoms with Gasteiger partial charge in [-0.25, -0.2) is 0 Å². The number of nitrogens with zero attached hydrogens (tertiary/aromatic N) is 2. The third-order valence-electron chi connectivity index (χ3n) is 7.34. The van der Waals surface area contributed by atoms with Crippen LogP contribution < -0.4 is 5.32 Å². The van der Waals surface area contributed by atoms with E-state index in [9.17, 15) is 9.59 Å². The van der Waals surface area contributed by atoms with Crippen LogP contribution in [-0.4, -0.2) is 73.1 Å². The predicted molar refractivity (Wildman–Crippen MR) is 103 cm³/mol. The molecule has 2 aliphatic carbocycles. The average molecular weight is 378 g/mol. The van der Waals surface area contributed by atoms with Crippen molar-refractivity contribution >= 4 is 11.8 Å². The minimum Gasteiger partial charge on any atom is -0.373 e. The fourth-order valence-corrected chi connectivity index (χ4v) is 5.55. The second-order valence-corrected chi connectivity index (χ2v) is 9.05. The van der Waals surface area contributed by atoms with Gasteiger partial charge < -0.3 is 15.0 Å². The van der Waals surface area contributed by atoms with Crippen LogP contribution in [-0.2, 0) is 14.3 Å². The number of amides is 2. The lowest BCUT2D eigenvalue weighted by molar-refractivity contribution is -0.148. The molecule has 6 nitrogen and oxygen atoms in total. The Labute approximate surface area is 163 Å². The summed E-state index contributed by atoms with van der Waals surface area (Å²) >= 11 is 0. The van der Waals surface area contributed by atoms with Gasteiger partial charge in [0, 0.05) is 44.6 Å². The summed E-state index contributed by atoms with van der Waals surface area (Å²) in [4.78, 5) is 29.8. The number of fused-ring (bicyclic) bond motifs is 2. The molecule has 3 atom stereocenters. The Kier molecular flexibility index (Phi) is 6.02. The summed E-state index contributed by atoms with van der Waals surface area (Å²) in [5, 5.41) is 3.25. The monoisotopic (exact) mass is 377 g/mol. The molecule has 0 aromatic carbocycles. The fraction of sp³-hybridized carbons (Fsp3) is 0.905. The van der Waals surface area contributed by atoms with Gasteiger partial charge in [0.05, 0.1) is 18.8 Å². The molecule has 2 saturated heterocycles. The third kappa shape index (κ3) is 4.32. The number of carbonyl (C=O) groups excluding carboxylic acids is 2. The molecule has 152 valence electrons. The van der Waals surface area contributed by atoms with Gasteiger partial charge in [-0.3, -0.25) is 14.5 Å². The van der Waals surface area contributed by atoms with Crippen molar-refractivity contribution in [2.24, 2.45) is 11.8 Å². The van der Waals surface area contributed by atoms with E-state index in [0.29, 0.717) is 0 Å². The van der Waals surface area contributed by atoms with Crippen molar-refractivity contribution in [3.8, 4) is 0 Å². The highest BCUT2D eigenvalue weighted by Crippen LogP contribution is 2.30. The van der Waals surface area contributed by atoms with Crippen molar-refractivity contribution in [3.05, 3.63) is 0 Å². The second-order valence-electron chi connectivity index (χ2n) is 9.05. The minimum absolute atomic E-state index is 0.108. The second kappa shape index (κ2) is 8.48.